The van der Waals surface area contributed by atoms with Crippen LogP contribution in [0.4, 0.5) is 0 Å². The fraction of sp³-hybridized carbons (Fsp3) is 0.615. The molecule has 3 rings (SSSR count). The van der Waals surface area contributed by atoms with Crippen LogP contribution >= 0.6 is 0 Å². The molecule has 0 aromatic carbocycles. The third-order valence-corrected chi connectivity index (χ3v) is 3.87. The van der Waals surface area contributed by atoms with Crippen LogP contribution in [0.3, 0.4) is 0 Å². The standard InChI is InChI=1S/C13H16O2/c1-12(2,3)10-9-6-15-7-13(9)5-4-8(13)11(10)14/h4-5,8H,6-7H2,1-3H3. The van der Waals surface area contributed by atoms with Crippen LogP contribution in [0.5, 0.6) is 0 Å². The molecule has 0 N–H and O–H groups in total. The fourth-order valence-electron chi connectivity index (χ4n) is 3.15. The summed E-state index contributed by atoms with van der Waals surface area (Å²) in [7, 11) is 0. The lowest BCUT2D eigenvalue weighted by atomic mass is 9.67. The number of carbonyl (C=O) groups is 1. The van der Waals surface area contributed by atoms with Crippen LogP contribution in [0, 0.1) is 16.7 Å². The molecule has 0 radical (unpaired) electrons. The number of allylic oxidation sites excluding steroid dienone is 2. The molecule has 0 saturated carbocycles. The van der Waals surface area contributed by atoms with Crippen LogP contribution in [0.15, 0.2) is 23.3 Å². The molecule has 0 aromatic rings. The third kappa shape index (κ3) is 0.913. The Bertz CT molecular complexity index is 409. The SMILES string of the molecule is CC(C)(C)C1=C2COCC23C=CC3C1=O. The van der Waals surface area contributed by atoms with Gasteiger partial charge in [-0.1, -0.05) is 32.9 Å². The highest BCUT2D eigenvalue weighted by atomic mass is 16.5. The molecule has 0 aromatic heterocycles. The topological polar surface area (TPSA) is 26.3 Å². The van der Waals surface area contributed by atoms with Gasteiger partial charge in [-0.05, 0) is 11.0 Å². The number of hydrogen-bond acceptors (Lipinski definition) is 2. The molecule has 1 heterocycles. The predicted molar refractivity (Wildman–Crippen MR) is 57.4 cm³/mol. The average molecular weight is 204 g/mol. The first-order chi connectivity index (χ1) is 6.97. The van der Waals surface area contributed by atoms with Crippen LogP contribution in [0.1, 0.15) is 20.8 Å². The summed E-state index contributed by atoms with van der Waals surface area (Å²) < 4.78 is 5.55. The molecule has 80 valence electrons. The molecule has 3 aliphatic rings. The highest BCUT2D eigenvalue weighted by molar-refractivity contribution is 6.06. The van der Waals surface area contributed by atoms with Crippen molar-refractivity contribution in [2.24, 2.45) is 16.7 Å². The van der Waals surface area contributed by atoms with Gasteiger partial charge in [-0.2, -0.15) is 0 Å². The summed E-state index contributed by atoms with van der Waals surface area (Å²) in [5, 5.41) is 0. The Hall–Kier alpha value is -0.890. The first-order valence-corrected chi connectivity index (χ1v) is 5.52. The normalized spacial score (nSPS) is 38.1. The van der Waals surface area contributed by atoms with E-state index in [1.807, 2.05) is 6.08 Å². The van der Waals surface area contributed by atoms with Gasteiger partial charge >= 0.3 is 0 Å². The van der Waals surface area contributed by atoms with Gasteiger partial charge in [0.2, 0.25) is 0 Å². The Labute approximate surface area is 90.0 Å². The molecule has 2 aliphatic carbocycles. The van der Waals surface area contributed by atoms with E-state index < -0.39 is 0 Å². The van der Waals surface area contributed by atoms with Crippen molar-refractivity contribution in [3.63, 3.8) is 0 Å². The monoisotopic (exact) mass is 204 g/mol. The van der Waals surface area contributed by atoms with Crippen molar-refractivity contribution >= 4 is 5.78 Å². The largest absolute Gasteiger partial charge is 0.376 e. The highest BCUT2D eigenvalue weighted by Gasteiger charge is 2.59. The van der Waals surface area contributed by atoms with Crippen LogP contribution in [-0.2, 0) is 9.53 Å². The van der Waals surface area contributed by atoms with Crippen LogP contribution in [0.2, 0.25) is 0 Å². The molecule has 0 amide bonds. The van der Waals surface area contributed by atoms with Gasteiger partial charge < -0.3 is 4.74 Å². The molecule has 1 fully saturated rings. The molecular formula is C13H16O2. The predicted octanol–water partition coefficient (Wildman–Crippen LogP) is 2.11. The van der Waals surface area contributed by atoms with E-state index in [4.69, 9.17) is 4.74 Å². The van der Waals surface area contributed by atoms with Gasteiger partial charge in [0.25, 0.3) is 0 Å². The van der Waals surface area contributed by atoms with Crippen molar-refractivity contribution in [1.82, 2.24) is 0 Å². The number of hydrogen-bond donors (Lipinski definition) is 0. The van der Waals surface area contributed by atoms with Gasteiger partial charge in [-0.15, -0.1) is 0 Å². The van der Waals surface area contributed by atoms with Gasteiger partial charge in [0.15, 0.2) is 5.78 Å². The van der Waals surface area contributed by atoms with E-state index in [-0.39, 0.29) is 16.7 Å². The summed E-state index contributed by atoms with van der Waals surface area (Å²) >= 11 is 0. The fourth-order valence-corrected chi connectivity index (χ4v) is 3.15. The van der Waals surface area contributed by atoms with E-state index in [0.717, 1.165) is 5.57 Å². The first-order valence-electron chi connectivity index (χ1n) is 5.52. The Kier molecular flexibility index (Phi) is 1.52. The summed E-state index contributed by atoms with van der Waals surface area (Å²) in [6, 6.07) is 0. The molecule has 15 heavy (non-hydrogen) atoms. The zero-order chi connectivity index (χ0) is 10.8. The molecule has 1 saturated heterocycles. The lowest BCUT2D eigenvalue weighted by Crippen LogP contribution is -2.36. The second-order valence-corrected chi connectivity index (χ2v) is 5.84. The number of carbonyl (C=O) groups excluding carboxylic acids is 1. The molecule has 2 atom stereocenters. The maximum atomic E-state index is 12.3. The molecule has 1 spiro atoms. The van der Waals surface area contributed by atoms with E-state index in [9.17, 15) is 4.79 Å². The molecule has 2 heteroatoms. The average Bonchev–Trinajstić information content (AvgIpc) is 2.50. The summed E-state index contributed by atoms with van der Waals surface area (Å²) in [6.45, 7) is 7.70. The van der Waals surface area contributed by atoms with Crippen molar-refractivity contribution < 1.29 is 9.53 Å². The second kappa shape index (κ2) is 2.43. The molecule has 2 nitrogen and oxygen atoms in total. The van der Waals surface area contributed by atoms with Crippen molar-refractivity contribution in [3.05, 3.63) is 23.3 Å². The summed E-state index contributed by atoms with van der Waals surface area (Å²) in [6.07, 6.45) is 4.20. The van der Waals surface area contributed by atoms with Crippen molar-refractivity contribution in [2.45, 2.75) is 20.8 Å². The smallest absolute Gasteiger partial charge is 0.167 e. The van der Waals surface area contributed by atoms with E-state index in [1.165, 1.54) is 5.57 Å². The maximum Gasteiger partial charge on any atom is 0.167 e. The molecule has 1 aliphatic heterocycles. The van der Waals surface area contributed by atoms with E-state index in [2.05, 4.69) is 26.8 Å². The number of rotatable bonds is 0. The Morgan fingerprint density at radius 1 is 1.47 bits per heavy atom. The van der Waals surface area contributed by atoms with E-state index >= 15 is 0 Å². The van der Waals surface area contributed by atoms with E-state index in [0.29, 0.717) is 19.0 Å². The molecule has 0 bridgehead atoms. The highest BCUT2D eigenvalue weighted by Crippen LogP contribution is 2.58. The molecular weight excluding hydrogens is 188 g/mol. The lowest BCUT2D eigenvalue weighted by Gasteiger charge is -2.33. The van der Waals surface area contributed by atoms with Gasteiger partial charge in [0, 0.05) is 11.0 Å². The van der Waals surface area contributed by atoms with E-state index in [1.54, 1.807) is 0 Å². The minimum atomic E-state index is -0.0495. The summed E-state index contributed by atoms with van der Waals surface area (Å²) in [4.78, 5) is 12.3. The van der Waals surface area contributed by atoms with Crippen molar-refractivity contribution in [1.29, 1.82) is 0 Å². The molecule has 2 unspecified atom stereocenters. The quantitative estimate of drug-likeness (QED) is 0.565. The minimum absolute atomic E-state index is 0.0281. The van der Waals surface area contributed by atoms with Crippen molar-refractivity contribution in [2.75, 3.05) is 13.2 Å². The maximum absolute atomic E-state index is 12.3. The zero-order valence-electron chi connectivity index (χ0n) is 9.46. The third-order valence-electron chi connectivity index (χ3n) is 3.87. The van der Waals surface area contributed by atoms with Crippen LogP contribution in [-0.4, -0.2) is 19.0 Å². The van der Waals surface area contributed by atoms with Crippen LogP contribution in [0.25, 0.3) is 0 Å². The summed E-state index contributed by atoms with van der Waals surface area (Å²) in [5.74, 6) is 0.424. The number of Topliss-reactive ketones (excluding diaryl/α,β-unsaturated/α-hetero) is 1. The number of ketones is 1. The summed E-state index contributed by atoms with van der Waals surface area (Å²) in [5.41, 5.74) is 2.20. The van der Waals surface area contributed by atoms with Crippen LogP contribution < -0.4 is 0 Å². The lowest BCUT2D eigenvalue weighted by molar-refractivity contribution is -0.120. The second-order valence-electron chi connectivity index (χ2n) is 5.84. The van der Waals surface area contributed by atoms with Gasteiger partial charge in [0.1, 0.15) is 0 Å². The van der Waals surface area contributed by atoms with Gasteiger partial charge in [0.05, 0.1) is 19.1 Å². The number of ether oxygens (including phenoxy) is 1. The minimum Gasteiger partial charge on any atom is -0.376 e. The first kappa shape index (κ1) is 9.34. The Balaban J connectivity index is 2.19. The van der Waals surface area contributed by atoms with Gasteiger partial charge in [-0.25, -0.2) is 0 Å². The Morgan fingerprint density at radius 3 is 2.73 bits per heavy atom. The van der Waals surface area contributed by atoms with Gasteiger partial charge in [-0.3, -0.25) is 4.79 Å². The Morgan fingerprint density at radius 2 is 2.20 bits per heavy atom. The van der Waals surface area contributed by atoms with Crippen molar-refractivity contribution in [3.8, 4) is 0 Å². The zero-order valence-corrected chi connectivity index (χ0v) is 9.46.